The molecule has 0 heterocycles. The number of phosphoric ester groups is 1. The van der Waals surface area contributed by atoms with E-state index in [0.29, 0.717) is 19.3 Å². The summed E-state index contributed by atoms with van der Waals surface area (Å²) < 4.78 is 39.3. The molecule has 0 aromatic rings. The van der Waals surface area contributed by atoms with E-state index in [1.807, 2.05) is 12.2 Å². The van der Waals surface area contributed by atoms with Crippen LogP contribution in [-0.2, 0) is 42.2 Å². The number of unbranched alkanes of at least 4 members (excludes halogenated alkanes) is 13. The Hall–Kier alpha value is -4.12. The number of aliphatic hydroxyl groups excluding tert-OH is 1. The molecule has 3 atom stereocenters. The lowest BCUT2D eigenvalue weighted by Crippen LogP contribution is -2.30. The molecule has 0 fully saturated rings. The number of hydrogen-bond acceptors (Lipinski definition) is 10. The summed E-state index contributed by atoms with van der Waals surface area (Å²) in [6.45, 7) is 4.23. The Kier molecular flexibility index (Phi) is 50.1. The summed E-state index contributed by atoms with van der Waals surface area (Å²) in [5.41, 5.74) is 0. The molecule has 3 unspecified atom stereocenters. The first kappa shape index (κ1) is 67.9. The molecule has 12 heteroatoms. The van der Waals surface area contributed by atoms with E-state index in [1.54, 1.807) is 6.08 Å². The lowest BCUT2D eigenvalue weighted by Gasteiger charge is -2.21. The highest BCUT2D eigenvalue weighted by Crippen LogP contribution is 2.43. The number of esters is 3. The van der Waals surface area contributed by atoms with Crippen molar-refractivity contribution in [2.24, 2.45) is 0 Å². The number of hydrogen-bond donors (Lipinski definition) is 2. The lowest BCUT2D eigenvalue weighted by molar-refractivity contribution is -0.161. The maximum absolute atomic E-state index is 12.9. The molecule has 0 spiro atoms. The third-order valence-electron chi connectivity index (χ3n) is 10.9. The fourth-order valence-corrected chi connectivity index (χ4v) is 7.59. The average Bonchev–Trinajstić information content (AvgIpc) is 3.37. The number of rotatable bonds is 49. The van der Waals surface area contributed by atoms with Gasteiger partial charge >= 0.3 is 25.7 Å². The second-order valence-corrected chi connectivity index (χ2v) is 19.1. The Bertz CT molecular complexity index is 1670. The minimum Gasteiger partial charge on any atom is -0.461 e. The molecular formula is C60H97O11P. The van der Waals surface area contributed by atoms with E-state index in [-0.39, 0.29) is 19.3 Å². The summed E-state index contributed by atoms with van der Waals surface area (Å²) in [5.74, 6) is -1.67. The van der Waals surface area contributed by atoms with Crippen LogP contribution in [0.25, 0.3) is 0 Å². The molecule has 0 radical (unpaired) electrons. The van der Waals surface area contributed by atoms with Gasteiger partial charge in [0.1, 0.15) is 12.7 Å². The van der Waals surface area contributed by atoms with Crippen LogP contribution in [0, 0.1) is 0 Å². The second kappa shape index (κ2) is 53.2. The van der Waals surface area contributed by atoms with Gasteiger partial charge in [-0.15, -0.1) is 0 Å². The lowest BCUT2D eigenvalue weighted by atomic mass is 10.1. The van der Waals surface area contributed by atoms with Crippen LogP contribution >= 0.6 is 7.82 Å². The van der Waals surface area contributed by atoms with Gasteiger partial charge in [0.2, 0.25) is 0 Å². The number of carbonyl (C=O) groups is 3. The third kappa shape index (κ3) is 50.8. The zero-order valence-corrected chi connectivity index (χ0v) is 45.7. The number of carbonyl (C=O) groups excluding carboxylic acids is 3. The first-order valence-corrected chi connectivity index (χ1v) is 28.9. The Morgan fingerprint density at radius 3 is 1.18 bits per heavy atom. The van der Waals surface area contributed by atoms with Gasteiger partial charge in [-0.25, -0.2) is 4.57 Å². The monoisotopic (exact) mass is 1020 g/mol. The number of aliphatic hydroxyl groups is 1. The van der Waals surface area contributed by atoms with Crippen LogP contribution in [0.15, 0.2) is 122 Å². The van der Waals surface area contributed by atoms with E-state index in [0.717, 1.165) is 96.3 Å². The van der Waals surface area contributed by atoms with E-state index < -0.39 is 64.4 Å². The van der Waals surface area contributed by atoms with E-state index in [1.165, 1.54) is 44.9 Å². The smallest absolute Gasteiger partial charge is 0.461 e. The molecule has 0 bridgehead atoms. The Balaban J connectivity index is 4.93. The van der Waals surface area contributed by atoms with E-state index in [4.69, 9.17) is 23.3 Å². The number of phosphoric acid groups is 1. The van der Waals surface area contributed by atoms with Crippen LogP contribution in [0.2, 0.25) is 0 Å². The van der Waals surface area contributed by atoms with Crippen molar-refractivity contribution < 1.29 is 52.2 Å². The molecule has 0 aliphatic heterocycles. The van der Waals surface area contributed by atoms with Gasteiger partial charge in [0, 0.05) is 12.8 Å². The van der Waals surface area contributed by atoms with E-state index in [9.17, 15) is 28.9 Å². The molecule has 0 aliphatic rings. The highest BCUT2D eigenvalue weighted by atomic mass is 31.2. The zero-order valence-electron chi connectivity index (χ0n) is 44.8. The first-order valence-electron chi connectivity index (χ1n) is 27.4. The highest BCUT2D eigenvalue weighted by molar-refractivity contribution is 7.47. The predicted molar refractivity (Wildman–Crippen MR) is 297 cm³/mol. The van der Waals surface area contributed by atoms with Gasteiger partial charge in [0.15, 0.2) is 6.10 Å². The van der Waals surface area contributed by atoms with Gasteiger partial charge in [-0.1, -0.05) is 213 Å². The summed E-state index contributed by atoms with van der Waals surface area (Å²) >= 11 is 0. The minimum atomic E-state index is -4.78. The van der Waals surface area contributed by atoms with Crippen molar-refractivity contribution >= 4 is 25.7 Å². The SMILES string of the molecule is CC/C=C\C/C=C\C/C=C\C/C=C\C/C=C\CCCCCC(=O)OC(COC(=O)C/C=C\C/C=C\C/C=C\C/C=C\C/C=C\CC)COP(=O)(O)OCC(CO)OC(=O)CCCCCCCCCCCCC. The van der Waals surface area contributed by atoms with Gasteiger partial charge < -0.3 is 24.2 Å². The predicted octanol–water partition coefficient (Wildman–Crippen LogP) is 16.0. The standard InChI is InChI=1S/C60H97O11P/c1-4-7-10-13-16-19-22-24-26-27-28-29-31-33-36-39-42-45-48-51-60(64)71-57(53-67-58(62)49-46-43-40-37-35-32-30-25-23-20-17-14-11-8-5-2)55-69-72(65,66)68-54-56(52-61)70-59(63)50-47-44-41-38-34-21-18-15-12-9-6-3/h7-8,10-11,16-17,19-20,24-26,28-30,33,35-37,43,46,56-57,61H,4-6,9,12-15,18,21-23,27,31-32,34,38-42,44-45,47-55H2,1-3H3,(H,65,66)/b10-7-,11-8-,19-16-,20-17-,26-24-,29-28-,30-25-,36-33-,37-35-,46-43-. The van der Waals surface area contributed by atoms with E-state index in [2.05, 4.69) is 124 Å². The second-order valence-electron chi connectivity index (χ2n) is 17.7. The molecule has 0 rings (SSSR count). The Labute approximate surface area is 437 Å². The molecule has 2 N–H and O–H groups in total. The quantitative estimate of drug-likeness (QED) is 0.0197. The Morgan fingerprint density at radius 2 is 0.764 bits per heavy atom. The van der Waals surface area contributed by atoms with Crippen LogP contribution in [0.1, 0.15) is 201 Å². The van der Waals surface area contributed by atoms with Crippen molar-refractivity contribution in [1.82, 2.24) is 0 Å². The minimum absolute atomic E-state index is 0.0188. The van der Waals surface area contributed by atoms with Crippen LogP contribution < -0.4 is 0 Å². The van der Waals surface area contributed by atoms with Gasteiger partial charge in [0.05, 0.1) is 26.2 Å². The molecule has 72 heavy (non-hydrogen) atoms. The van der Waals surface area contributed by atoms with Crippen LogP contribution in [0.4, 0.5) is 0 Å². The normalized spacial score (nSPS) is 14.3. The van der Waals surface area contributed by atoms with Crippen LogP contribution in [-0.4, -0.2) is 66.5 Å². The summed E-state index contributed by atoms with van der Waals surface area (Å²) in [5, 5.41) is 9.78. The van der Waals surface area contributed by atoms with Gasteiger partial charge in [0.25, 0.3) is 0 Å². The summed E-state index contributed by atoms with van der Waals surface area (Å²) in [6.07, 6.45) is 64.8. The highest BCUT2D eigenvalue weighted by Gasteiger charge is 2.28. The number of allylic oxidation sites excluding steroid dienone is 19. The zero-order chi connectivity index (χ0) is 52.7. The molecule has 0 amide bonds. The topological polar surface area (TPSA) is 155 Å². The molecule has 0 aromatic carbocycles. The van der Waals surface area contributed by atoms with Gasteiger partial charge in [-0.3, -0.25) is 23.4 Å². The molecule has 11 nitrogen and oxygen atoms in total. The fourth-order valence-electron chi connectivity index (χ4n) is 6.81. The number of ether oxygens (including phenoxy) is 3. The maximum atomic E-state index is 12.9. The molecule has 0 aliphatic carbocycles. The van der Waals surface area contributed by atoms with E-state index >= 15 is 0 Å². The molecular weight excluding hydrogens is 928 g/mol. The summed E-state index contributed by atoms with van der Waals surface area (Å²) in [4.78, 5) is 48.3. The van der Waals surface area contributed by atoms with Crippen LogP contribution in [0.3, 0.4) is 0 Å². The molecule has 408 valence electrons. The summed E-state index contributed by atoms with van der Waals surface area (Å²) in [7, 11) is -4.78. The third-order valence-corrected chi connectivity index (χ3v) is 11.9. The van der Waals surface area contributed by atoms with Gasteiger partial charge in [-0.2, -0.15) is 0 Å². The van der Waals surface area contributed by atoms with Gasteiger partial charge in [-0.05, 0) is 89.9 Å². The molecule has 0 aromatic heterocycles. The largest absolute Gasteiger partial charge is 0.472 e. The maximum Gasteiger partial charge on any atom is 0.472 e. The molecule has 0 saturated heterocycles. The van der Waals surface area contributed by atoms with Crippen LogP contribution in [0.5, 0.6) is 0 Å². The van der Waals surface area contributed by atoms with Crippen molar-refractivity contribution in [3.05, 3.63) is 122 Å². The summed E-state index contributed by atoms with van der Waals surface area (Å²) in [6, 6.07) is 0. The molecule has 0 saturated carbocycles. The average molecular weight is 1030 g/mol. The van der Waals surface area contributed by atoms with Crippen molar-refractivity contribution in [3.63, 3.8) is 0 Å². The van der Waals surface area contributed by atoms with Crippen molar-refractivity contribution in [3.8, 4) is 0 Å². The van der Waals surface area contributed by atoms with Crippen molar-refractivity contribution in [2.75, 3.05) is 26.4 Å². The Morgan fingerprint density at radius 1 is 0.417 bits per heavy atom. The van der Waals surface area contributed by atoms with Crippen molar-refractivity contribution in [1.29, 1.82) is 0 Å². The fraction of sp³-hybridized carbons (Fsp3) is 0.617. The van der Waals surface area contributed by atoms with Crippen molar-refractivity contribution in [2.45, 2.75) is 213 Å². The first-order chi connectivity index (χ1) is 35.2.